The van der Waals surface area contributed by atoms with E-state index in [1.54, 1.807) is 0 Å². The Morgan fingerprint density at radius 2 is 1.38 bits per heavy atom. The van der Waals surface area contributed by atoms with Crippen LogP contribution >= 0.6 is 0 Å². The first-order chi connectivity index (χ1) is 14.2. The number of allylic oxidation sites excluding steroid dienone is 1. The number of hydrogen-bond acceptors (Lipinski definition) is 6. The van der Waals surface area contributed by atoms with Crippen molar-refractivity contribution in [1.29, 1.82) is 10.5 Å². The van der Waals surface area contributed by atoms with Crippen molar-refractivity contribution >= 4 is 0 Å². The van der Waals surface area contributed by atoms with E-state index in [0.29, 0.717) is 0 Å². The maximum Gasteiger partial charge on any atom is 0.169 e. The van der Waals surface area contributed by atoms with Crippen molar-refractivity contribution in [3.05, 3.63) is 11.4 Å². The van der Waals surface area contributed by atoms with Gasteiger partial charge in [0.15, 0.2) is 5.57 Å². The molecule has 0 aromatic rings. The van der Waals surface area contributed by atoms with Crippen LogP contribution in [0.1, 0.15) is 51.9 Å². The van der Waals surface area contributed by atoms with E-state index in [9.17, 15) is 10.5 Å². The molecule has 160 valence electrons. The van der Waals surface area contributed by atoms with Crippen molar-refractivity contribution in [3.63, 3.8) is 0 Å². The molecule has 0 spiro atoms. The normalized spacial score (nSPS) is 23.8. The van der Waals surface area contributed by atoms with Crippen LogP contribution in [0, 0.1) is 28.6 Å². The number of piperidine rings is 2. The Kier molecular flexibility index (Phi) is 8.65. The fraction of sp³-hybridized carbons (Fsp3) is 0.826. The molecule has 0 amide bonds. The molecule has 0 bridgehead atoms. The lowest BCUT2D eigenvalue weighted by molar-refractivity contribution is 0.175. The SMILES string of the molecule is CC1CCCN(CCCN2CCN(CCCN3CCCCC3)C2=C(C#N)C#N)C1. The molecule has 3 heterocycles. The highest BCUT2D eigenvalue weighted by Gasteiger charge is 2.28. The lowest BCUT2D eigenvalue weighted by Crippen LogP contribution is -2.36. The summed E-state index contributed by atoms with van der Waals surface area (Å²) in [4.78, 5) is 9.72. The van der Waals surface area contributed by atoms with Crippen molar-refractivity contribution in [3.8, 4) is 12.1 Å². The van der Waals surface area contributed by atoms with Gasteiger partial charge in [-0.25, -0.2) is 0 Å². The van der Waals surface area contributed by atoms with Crippen molar-refractivity contribution in [2.45, 2.75) is 51.9 Å². The van der Waals surface area contributed by atoms with Crippen molar-refractivity contribution < 1.29 is 0 Å². The fourth-order valence-electron chi connectivity index (χ4n) is 5.17. The number of nitriles is 2. The van der Waals surface area contributed by atoms with Crippen LogP contribution in [0.25, 0.3) is 0 Å². The molecule has 3 saturated heterocycles. The first-order valence-corrected chi connectivity index (χ1v) is 11.7. The van der Waals surface area contributed by atoms with Crippen LogP contribution in [0.15, 0.2) is 11.4 Å². The summed E-state index contributed by atoms with van der Waals surface area (Å²) in [7, 11) is 0. The summed E-state index contributed by atoms with van der Waals surface area (Å²) in [5.74, 6) is 1.70. The van der Waals surface area contributed by atoms with Gasteiger partial charge in [0.2, 0.25) is 0 Å². The fourth-order valence-corrected chi connectivity index (χ4v) is 5.17. The average Bonchev–Trinajstić information content (AvgIpc) is 3.13. The average molecular weight is 399 g/mol. The first-order valence-electron chi connectivity index (χ1n) is 11.7. The van der Waals surface area contributed by atoms with Gasteiger partial charge in [-0.05, 0) is 77.2 Å². The second kappa shape index (κ2) is 11.4. The van der Waals surface area contributed by atoms with E-state index in [4.69, 9.17) is 0 Å². The summed E-state index contributed by atoms with van der Waals surface area (Å²) >= 11 is 0. The summed E-state index contributed by atoms with van der Waals surface area (Å²) in [5, 5.41) is 19.0. The third-order valence-corrected chi connectivity index (χ3v) is 6.68. The minimum Gasteiger partial charge on any atom is -0.355 e. The Labute approximate surface area is 177 Å². The molecule has 0 aromatic heterocycles. The molecule has 0 aliphatic carbocycles. The molecule has 0 radical (unpaired) electrons. The molecule has 1 unspecified atom stereocenters. The van der Waals surface area contributed by atoms with E-state index in [-0.39, 0.29) is 5.57 Å². The molecular formula is C23H38N6. The van der Waals surface area contributed by atoms with Gasteiger partial charge >= 0.3 is 0 Å². The van der Waals surface area contributed by atoms with E-state index < -0.39 is 0 Å². The van der Waals surface area contributed by atoms with Crippen molar-refractivity contribution in [2.24, 2.45) is 5.92 Å². The molecule has 3 rings (SSSR count). The Morgan fingerprint density at radius 1 is 0.793 bits per heavy atom. The summed E-state index contributed by atoms with van der Waals surface area (Å²) in [6.45, 7) is 13.2. The third kappa shape index (κ3) is 6.36. The first kappa shape index (κ1) is 21.9. The number of rotatable bonds is 8. The standard InChI is InChI=1S/C23H38N6/c1-21-8-5-11-27(20-21)13-7-15-29-17-16-28(23(29)22(18-24)19-25)14-6-12-26-9-3-2-4-10-26/h21H,2-17,20H2,1H3. The molecular weight excluding hydrogens is 360 g/mol. The monoisotopic (exact) mass is 398 g/mol. The topological polar surface area (TPSA) is 60.5 Å². The zero-order valence-corrected chi connectivity index (χ0v) is 18.3. The summed E-state index contributed by atoms with van der Waals surface area (Å²) in [6.07, 6.45) is 8.89. The Hall–Kier alpha value is -1.76. The van der Waals surface area contributed by atoms with Crippen LogP contribution in [0.4, 0.5) is 0 Å². The molecule has 6 heteroatoms. The highest BCUT2D eigenvalue weighted by Crippen LogP contribution is 2.23. The zero-order chi connectivity index (χ0) is 20.5. The largest absolute Gasteiger partial charge is 0.355 e. The van der Waals surface area contributed by atoms with Gasteiger partial charge in [-0.2, -0.15) is 10.5 Å². The lowest BCUT2D eigenvalue weighted by atomic mass is 10.0. The number of likely N-dealkylation sites (tertiary alicyclic amines) is 2. The van der Waals surface area contributed by atoms with Crippen molar-refractivity contribution in [1.82, 2.24) is 19.6 Å². The van der Waals surface area contributed by atoms with Gasteiger partial charge in [0.25, 0.3) is 0 Å². The second-order valence-electron chi connectivity index (χ2n) is 9.05. The van der Waals surface area contributed by atoms with Crippen LogP contribution in [0.5, 0.6) is 0 Å². The molecule has 3 aliphatic rings. The van der Waals surface area contributed by atoms with E-state index in [2.05, 4.69) is 38.7 Å². The predicted octanol–water partition coefficient (Wildman–Crippen LogP) is 2.86. The van der Waals surface area contributed by atoms with E-state index >= 15 is 0 Å². The maximum atomic E-state index is 9.51. The molecule has 0 saturated carbocycles. The summed E-state index contributed by atoms with van der Waals surface area (Å²) < 4.78 is 0. The van der Waals surface area contributed by atoms with Crippen LogP contribution in [-0.4, -0.2) is 85.0 Å². The van der Waals surface area contributed by atoms with Gasteiger partial charge in [0, 0.05) is 32.7 Å². The minimum absolute atomic E-state index is 0.284. The van der Waals surface area contributed by atoms with Gasteiger partial charge in [-0.3, -0.25) is 0 Å². The molecule has 29 heavy (non-hydrogen) atoms. The quantitative estimate of drug-likeness (QED) is 0.586. The maximum absolute atomic E-state index is 9.51. The Morgan fingerprint density at radius 3 is 1.97 bits per heavy atom. The van der Waals surface area contributed by atoms with Gasteiger partial charge in [-0.1, -0.05) is 13.3 Å². The smallest absolute Gasteiger partial charge is 0.169 e. The van der Waals surface area contributed by atoms with Gasteiger partial charge in [0.05, 0.1) is 0 Å². The molecule has 3 fully saturated rings. The molecule has 3 aliphatic heterocycles. The van der Waals surface area contributed by atoms with Crippen LogP contribution in [-0.2, 0) is 0 Å². The van der Waals surface area contributed by atoms with E-state index in [1.165, 1.54) is 58.3 Å². The van der Waals surface area contributed by atoms with Crippen LogP contribution < -0.4 is 0 Å². The van der Waals surface area contributed by atoms with Gasteiger partial charge < -0.3 is 19.6 Å². The lowest BCUT2D eigenvalue weighted by Gasteiger charge is -2.32. The number of hydrogen-bond donors (Lipinski definition) is 0. The van der Waals surface area contributed by atoms with Crippen LogP contribution in [0.3, 0.4) is 0 Å². The molecule has 1 atom stereocenters. The molecule has 0 aromatic carbocycles. The predicted molar refractivity (Wildman–Crippen MR) is 116 cm³/mol. The summed E-state index contributed by atoms with van der Waals surface area (Å²) in [6, 6.07) is 4.31. The summed E-state index contributed by atoms with van der Waals surface area (Å²) in [5.41, 5.74) is 0.284. The van der Waals surface area contributed by atoms with E-state index in [1.807, 2.05) is 0 Å². The minimum atomic E-state index is 0.284. The Balaban J connectivity index is 1.50. The number of nitrogens with zero attached hydrogens (tertiary/aromatic N) is 6. The second-order valence-corrected chi connectivity index (χ2v) is 9.05. The zero-order valence-electron chi connectivity index (χ0n) is 18.3. The van der Waals surface area contributed by atoms with Crippen molar-refractivity contribution in [2.75, 3.05) is 65.4 Å². The highest BCUT2D eigenvalue weighted by molar-refractivity contribution is 5.40. The Bertz CT molecular complexity index is 608. The molecule has 0 N–H and O–H groups in total. The third-order valence-electron chi connectivity index (χ3n) is 6.68. The van der Waals surface area contributed by atoms with E-state index in [0.717, 1.165) is 63.8 Å². The molecule has 6 nitrogen and oxygen atoms in total. The highest BCUT2D eigenvalue weighted by atomic mass is 15.4. The van der Waals surface area contributed by atoms with Gasteiger partial charge in [0.1, 0.15) is 18.0 Å². The van der Waals surface area contributed by atoms with Gasteiger partial charge in [-0.15, -0.1) is 0 Å². The van der Waals surface area contributed by atoms with Crippen LogP contribution in [0.2, 0.25) is 0 Å².